The zero-order chi connectivity index (χ0) is 16.9. The number of aliphatic hydroxyl groups is 1. The predicted molar refractivity (Wildman–Crippen MR) is 92.7 cm³/mol. The summed E-state index contributed by atoms with van der Waals surface area (Å²) in [7, 11) is 0. The van der Waals surface area contributed by atoms with Gasteiger partial charge in [0.15, 0.2) is 0 Å². The molecule has 2 aliphatic carbocycles. The lowest BCUT2D eigenvalue weighted by molar-refractivity contribution is -0.136. The Morgan fingerprint density at radius 3 is 2.67 bits per heavy atom. The van der Waals surface area contributed by atoms with Gasteiger partial charge in [-0.05, 0) is 55.7 Å². The lowest BCUT2D eigenvalue weighted by atomic mass is 9.86. The van der Waals surface area contributed by atoms with Crippen LogP contribution in [-0.2, 0) is 22.4 Å². The van der Waals surface area contributed by atoms with E-state index in [1.807, 2.05) is 12.1 Å². The summed E-state index contributed by atoms with van der Waals surface area (Å²) in [4.78, 5) is 24.2. The minimum atomic E-state index is -0.626. The van der Waals surface area contributed by atoms with E-state index in [-0.39, 0.29) is 12.0 Å². The van der Waals surface area contributed by atoms with Gasteiger partial charge in [-0.15, -0.1) is 0 Å². The Balaban J connectivity index is 1.56. The van der Waals surface area contributed by atoms with E-state index in [4.69, 9.17) is 0 Å². The summed E-state index contributed by atoms with van der Waals surface area (Å²) in [6.45, 7) is 0.361. The van der Waals surface area contributed by atoms with Crippen molar-refractivity contribution in [3.05, 3.63) is 29.3 Å². The minimum absolute atomic E-state index is 0.0555. The van der Waals surface area contributed by atoms with Crippen molar-refractivity contribution in [3.63, 3.8) is 0 Å². The number of fused-ring (bicyclic) bond motifs is 1. The van der Waals surface area contributed by atoms with Crippen molar-refractivity contribution in [2.45, 2.75) is 57.5 Å². The Labute approximate surface area is 142 Å². The normalized spacial score (nSPS) is 23.2. The quantitative estimate of drug-likeness (QED) is 0.743. The van der Waals surface area contributed by atoms with E-state index < -0.39 is 11.8 Å². The van der Waals surface area contributed by atoms with Gasteiger partial charge in [0.2, 0.25) is 0 Å². The monoisotopic (exact) mass is 330 g/mol. The van der Waals surface area contributed by atoms with Crippen LogP contribution in [0, 0.1) is 5.92 Å². The highest BCUT2D eigenvalue weighted by Gasteiger charge is 2.25. The van der Waals surface area contributed by atoms with Crippen molar-refractivity contribution in [1.29, 1.82) is 0 Å². The van der Waals surface area contributed by atoms with E-state index in [0.717, 1.165) is 56.2 Å². The van der Waals surface area contributed by atoms with E-state index >= 15 is 0 Å². The molecular formula is C19H26N2O3. The Morgan fingerprint density at radius 2 is 1.83 bits per heavy atom. The van der Waals surface area contributed by atoms with Crippen LogP contribution in [0.25, 0.3) is 0 Å². The van der Waals surface area contributed by atoms with Crippen LogP contribution in [0.5, 0.6) is 0 Å². The van der Waals surface area contributed by atoms with Crippen LogP contribution in [-0.4, -0.2) is 29.6 Å². The summed E-state index contributed by atoms with van der Waals surface area (Å²) >= 11 is 0. The zero-order valence-corrected chi connectivity index (χ0v) is 14.0. The van der Waals surface area contributed by atoms with Crippen molar-refractivity contribution < 1.29 is 14.7 Å². The second-order valence-electron chi connectivity index (χ2n) is 6.93. The third-order valence-electron chi connectivity index (χ3n) is 5.24. The zero-order valence-electron chi connectivity index (χ0n) is 14.0. The molecule has 24 heavy (non-hydrogen) atoms. The molecule has 2 aliphatic rings. The van der Waals surface area contributed by atoms with E-state index in [9.17, 15) is 14.7 Å². The second-order valence-corrected chi connectivity index (χ2v) is 6.93. The fourth-order valence-electron chi connectivity index (χ4n) is 3.81. The summed E-state index contributed by atoms with van der Waals surface area (Å²) in [5.41, 5.74) is 3.18. The highest BCUT2D eigenvalue weighted by molar-refractivity contribution is 6.39. The number of benzene rings is 1. The maximum Gasteiger partial charge on any atom is 0.313 e. The standard InChI is InChI=1S/C19H26N2O3/c22-17-11-4-2-7-14(17)12-20-18(23)19(24)21-16-10-5-8-13-6-1-3-9-15(13)16/h5,8,10,14,17,22H,1-4,6-7,9,11-12H2,(H,20,23)(H,21,24)/t14-,17+/m0/s1. The van der Waals surface area contributed by atoms with Crippen molar-refractivity contribution in [2.24, 2.45) is 5.92 Å². The molecule has 0 spiro atoms. The second kappa shape index (κ2) is 7.79. The number of carbonyl (C=O) groups excluding carboxylic acids is 2. The first-order valence-corrected chi connectivity index (χ1v) is 9.03. The smallest absolute Gasteiger partial charge is 0.313 e. The van der Waals surface area contributed by atoms with Gasteiger partial charge in [0.1, 0.15) is 0 Å². The molecule has 2 atom stereocenters. The molecule has 1 saturated carbocycles. The Kier molecular flexibility index (Phi) is 5.51. The third-order valence-corrected chi connectivity index (χ3v) is 5.24. The lowest BCUT2D eigenvalue weighted by Gasteiger charge is -2.27. The number of nitrogens with one attached hydrogen (secondary N) is 2. The molecule has 5 nitrogen and oxygen atoms in total. The maximum atomic E-state index is 12.2. The molecule has 0 bridgehead atoms. The van der Waals surface area contributed by atoms with Crippen molar-refractivity contribution in [1.82, 2.24) is 5.32 Å². The average molecular weight is 330 g/mol. The summed E-state index contributed by atoms with van der Waals surface area (Å²) in [6.07, 6.45) is 7.68. The molecule has 0 heterocycles. The molecule has 130 valence electrons. The van der Waals surface area contributed by atoms with Crippen LogP contribution < -0.4 is 10.6 Å². The predicted octanol–water partition coefficient (Wildman–Crippen LogP) is 2.17. The number of carbonyl (C=O) groups is 2. The molecule has 2 amide bonds. The van der Waals surface area contributed by atoms with Gasteiger partial charge in [-0.3, -0.25) is 9.59 Å². The molecule has 3 N–H and O–H groups in total. The molecule has 1 aromatic rings. The van der Waals surface area contributed by atoms with E-state index in [1.165, 1.54) is 12.0 Å². The number of aryl methyl sites for hydroxylation is 1. The first-order chi connectivity index (χ1) is 11.6. The molecular weight excluding hydrogens is 304 g/mol. The largest absolute Gasteiger partial charge is 0.393 e. The van der Waals surface area contributed by atoms with Gasteiger partial charge in [-0.1, -0.05) is 25.0 Å². The van der Waals surface area contributed by atoms with Crippen LogP contribution in [0.3, 0.4) is 0 Å². The summed E-state index contributed by atoms with van der Waals surface area (Å²) in [6, 6.07) is 5.88. The number of hydrogen-bond donors (Lipinski definition) is 3. The van der Waals surface area contributed by atoms with Gasteiger partial charge in [-0.2, -0.15) is 0 Å². The van der Waals surface area contributed by atoms with Crippen molar-refractivity contribution >= 4 is 17.5 Å². The van der Waals surface area contributed by atoms with E-state index in [2.05, 4.69) is 16.7 Å². The van der Waals surface area contributed by atoms with Crippen molar-refractivity contribution in [3.8, 4) is 0 Å². The molecule has 1 fully saturated rings. The number of rotatable bonds is 3. The SMILES string of the molecule is O=C(NC[C@@H]1CCCC[C@H]1O)C(=O)Nc1cccc2c1CCCC2. The van der Waals surface area contributed by atoms with Gasteiger partial charge in [0.25, 0.3) is 0 Å². The minimum Gasteiger partial charge on any atom is -0.393 e. The Morgan fingerprint density at radius 1 is 1.04 bits per heavy atom. The molecule has 5 heteroatoms. The van der Waals surface area contributed by atoms with Crippen LogP contribution in [0.1, 0.15) is 49.7 Å². The van der Waals surface area contributed by atoms with Gasteiger partial charge in [0, 0.05) is 18.2 Å². The third kappa shape index (κ3) is 3.96. The highest BCUT2D eigenvalue weighted by atomic mass is 16.3. The van der Waals surface area contributed by atoms with Gasteiger partial charge in [0.05, 0.1) is 6.10 Å². The number of anilines is 1. The topological polar surface area (TPSA) is 78.4 Å². The average Bonchev–Trinajstić information content (AvgIpc) is 2.61. The molecule has 0 unspecified atom stereocenters. The molecule has 0 aliphatic heterocycles. The lowest BCUT2D eigenvalue weighted by Crippen LogP contribution is -2.41. The van der Waals surface area contributed by atoms with Crippen LogP contribution >= 0.6 is 0 Å². The highest BCUT2D eigenvalue weighted by Crippen LogP contribution is 2.28. The maximum absolute atomic E-state index is 12.2. The summed E-state index contributed by atoms with van der Waals surface area (Å²) < 4.78 is 0. The van der Waals surface area contributed by atoms with Gasteiger partial charge >= 0.3 is 11.8 Å². The van der Waals surface area contributed by atoms with Gasteiger partial charge < -0.3 is 15.7 Å². The van der Waals surface area contributed by atoms with Crippen LogP contribution in [0.2, 0.25) is 0 Å². The fraction of sp³-hybridized carbons (Fsp3) is 0.579. The van der Waals surface area contributed by atoms with E-state index in [1.54, 1.807) is 0 Å². The molecule has 1 aromatic carbocycles. The Hall–Kier alpha value is -1.88. The van der Waals surface area contributed by atoms with Crippen LogP contribution in [0.4, 0.5) is 5.69 Å². The molecule has 0 aromatic heterocycles. The molecule has 0 saturated heterocycles. The van der Waals surface area contributed by atoms with Crippen molar-refractivity contribution in [2.75, 3.05) is 11.9 Å². The van der Waals surface area contributed by atoms with E-state index in [0.29, 0.717) is 6.54 Å². The molecule has 0 radical (unpaired) electrons. The summed E-state index contributed by atoms with van der Waals surface area (Å²) in [5, 5.41) is 15.4. The fourth-order valence-corrected chi connectivity index (χ4v) is 3.81. The summed E-state index contributed by atoms with van der Waals surface area (Å²) in [5.74, 6) is -1.19. The number of hydrogen-bond acceptors (Lipinski definition) is 3. The van der Waals surface area contributed by atoms with Gasteiger partial charge in [-0.25, -0.2) is 0 Å². The Bertz CT molecular complexity index is 615. The molecule has 3 rings (SSSR count). The number of aliphatic hydroxyl groups excluding tert-OH is 1. The number of amides is 2. The van der Waals surface area contributed by atoms with Crippen LogP contribution in [0.15, 0.2) is 18.2 Å². The first-order valence-electron chi connectivity index (χ1n) is 9.03. The first kappa shape index (κ1) is 17.0.